The third-order valence-corrected chi connectivity index (χ3v) is 2.28. The predicted octanol–water partition coefficient (Wildman–Crippen LogP) is 1.10. The number of hydrogen-bond donors (Lipinski definition) is 1. The van der Waals surface area contributed by atoms with Gasteiger partial charge in [-0.25, -0.2) is 4.98 Å². The average molecular weight is 225 g/mol. The van der Waals surface area contributed by atoms with Crippen LogP contribution in [0.3, 0.4) is 0 Å². The maximum atomic E-state index is 11.8. The summed E-state index contributed by atoms with van der Waals surface area (Å²) in [7, 11) is 1.75. The number of carbonyl (C=O) groups is 1. The van der Waals surface area contributed by atoms with Crippen LogP contribution in [0.2, 0.25) is 0 Å². The monoisotopic (exact) mass is 225 g/mol. The quantitative estimate of drug-likeness (QED) is 0.816. The minimum absolute atomic E-state index is 0.0316. The molecule has 0 spiro atoms. The lowest BCUT2D eigenvalue weighted by molar-refractivity contribution is -0.141. The Balaban J connectivity index is 2.51. The fourth-order valence-electron chi connectivity index (χ4n) is 1.48. The van der Waals surface area contributed by atoms with Crippen molar-refractivity contribution in [1.29, 1.82) is 0 Å². The van der Waals surface area contributed by atoms with Crippen molar-refractivity contribution < 1.29 is 9.53 Å². The normalized spacial score (nSPS) is 12.5. The van der Waals surface area contributed by atoms with Gasteiger partial charge in [-0.15, -0.1) is 0 Å². The lowest BCUT2D eigenvalue weighted by atomic mass is 10.3. The van der Waals surface area contributed by atoms with Crippen LogP contribution in [0.15, 0.2) is 6.20 Å². The Hall–Kier alpha value is -1.36. The van der Waals surface area contributed by atoms with E-state index in [1.807, 2.05) is 13.8 Å². The maximum Gasteiger partial charge on any atom is 0.251 e. The molecule has 1 amide bonds. The first-order valence-corrected chi connectivity index (χ1v) is 5.41. The molecule has 1 aromatic rings. The van der Waals surface area contributed by atoms with E-state index >= 15 is 0 Å². The van der Waals surface area contributed by atoms with Crippen LogP contribution in [-0.4, -0.2) is 40.5 Å². The van der Waals surface area contributed by atoms with Gasteiger partial charge >= 0.3 is 0 Å². The Morgan fingerprint density at radius 2 is 2.38 bits per heavy atom. The SMILES string of the molecule is CCO[C@H](C)C(=O)N(C)Cc1ncc(C)[nH]1. The molecule has 90 valence electrons. The molecule has 1 atom stereocenters. The molecule has 1 aromatic heterocycles. The number of aromatic amines is 1. The summed E-state index contributed by atoms with van der Waals surface area (Å²) < 4.78 is 5.25. The molecule has 0 fully saturated rings. The Bertz CT molecular complexity index is 349. The van der Waals surface area contributed by atoms with E-state index in [0.29, 0.717) is 13.2 Å². The standard InChI is InChI=1S/C11H19N3O2/c1-5-16-9(3)11(15)14(4)7-10-12-6-8(2)13-10/h6,9H,5,7H2,1-4H3,(H,12,13)/t9-/m1/s1. The highest BCUT2D eigenvalue weighted by Gasteiger charge is 2.18. The van der Waals surface area contributed by atoms with Gasteiger partial charge in [0.25, 0.3) is 5.91 Å². The second kappa shape index (κ2) is 5.65. The molecule has 5 heteroatoms. The first kappa shape index (κ1) is 12.7. The summed E-state index contributed by atoms with van der Waals surface area (Å²) in [5, 5.41) is 0. The van der Waals surface area contributed by atoms with Gasteiger partial charge in [-0.05, 0) is 20.8 Å². The molecule has 16 heavy (non-hydrogen) atoms. The average Bonchev–Trinajstić information content (AvgIpc) is 2.63. The highest BCUT2D eigenvalue weighted by Crippen LogP contribution is 2.03. The number of H-pyrrole nitrogens is 1. The van der Waals surface area contributed by atoms with Gasteiger partial charge in [0, 0.05) is 25.5 Å². The number of carbonyl (C=O) groups excluding carboxylic acids is 1. The molecule has 0 aromatic carbocycles. The van der Waals surface area contributed by atoms with Crippen molar-refractivity contribution in [2.45, 2.75) is 33.4 Å². The Morgan fingerprint density at radius 3 is 2.88 bits per heavy atom. The number of ether oxygens (including phenoxy) is 1. The van der Waals surface area contributed by atoms with Crippen molar-refractivity contribution in [3.8, 4) is 0 Å². The summed E-state index contributed by atoms with van der Waals surface area (Å²) >= 11 is 0. The molecule has 1 heterocycles. The Labute approximate surface area is 95.8 Å². The van der Waals surface area contributed by atoms with Gasteiger partial charge in [0.05, 0.1) is 6.54 Å². The number of aryl methyl sites for hydroxylation is 1. The molecule has 0 bridgehead atoms. The van der Waals surface area contributed by atoms with Crippen LogP contribution in [0.5, 0.6) is 0 Å². The van der Waals surface area contributed by atoms with Crippen molar-refractivity contribution in [3.05, 3.63) is 17.7 Å². The Morgan fingerprint density at radius 1 is 1.69 bits per heavy atom. The molecule has 0 saturated carbocycles. The third-order valence-electron chi connectivity index (χ3n) is 2.28. The van der Waals surface area contributed by atoms with E-state index in [4.69, 9.17) is 4.74 Å². The van der Waals surface area contributed by atoms with Crippen molar-refractivity contribution >= 4 is 5.91 Å². The fraction of sp³-hybridized carbons (Fsp3) is 0.636. The number of likely N-dealkylation sites (N-methyl/N-ethyl adjacent to an activating group) is 1. The van der Waals surface area contributed by atoms with Crippen LogP contribution in [0.25, 0.3) is 0 Å². The van der Waals surface area contributed by atoms with Crippen molar-refractivity contribution in [2.24, 2.45) is 0 Å². The molecule has 0 aliphatic rings. The van der Waals surface area contributed by atoms with Gasteiger partial charge in [0.15, 0.2) is 0 Å². The van der Waals surface area contributed by atoms with Crippen LogP contribution in [0.4, 0.5) is 0 Å². The van der Waals surface area contributed by atoms with Gasteiger partial charge in [0.2, 0.25) is 0 Å². The van der Waals surface area contributed by atoms with Gasteiger partial charge in [0.1, 0.15) is 11.9 Å². The van der Waals surface area contributed by atoms with Gasteiger partial charge < -0.3 is 14.6 Å². The predicted molar refractivity (Wildman–Crippen MR) is 60.9 cm³/mol. The highest BCUT2D eigenvalue weighted by molar-refractivity contribution is 5.80. The van der Waals surface area contributed by atoms with Crippen LogP contribution in [-0.2, 0) is 16.1 Å². The van der Waals surface area contributed by atoms with Crippen LogP contribution >= 0.6 is 0 Å². The topological polar surface area (TPSA) is 58.2 Å². The molecular formula is C11H19N3O2. The van der Waals surface area contributed by atoms with Crippen molar-refractivity contribution in [1.82, 2.24) is 14.9 Å². The first-order valence-electron chi connectivity index (χ1n) is 5.41. The molecule has 0 aliphatic carbocycles. The molecule has 0 saturated heterocycles. The van der Waals surface area contributed by atoms with Gasteiger partial charge in [-0.1, -0.05) is 0 Å². The summed E-state index contributed by atoms with van der Waals surface area (Å²) in [6.45, 7) is 6.58. The van der Waals surface area contributed by atoms with E-state index < -0.39 is 6.10 Å². The third kappa shape index (κ3) is 3.34. The number of nitrogens with one attached hydrogen (secondary N) is 1. The minimum Gasteiger partial charge on any atom is -0.369 e. The number of amides is 1. The minimum atomic E-state index is -0.397. The Kier molecular flexibility index (Phi) is 4.49. The zero-order valence-electron chi connectivity index (χ0n) is 10.3. The van der Waals surface area contributed by atoms with Crippen LogP contribution < -0.4 is 0 Å². The lowest BCUT2D eigenvalue weighted by Crippen LogP contribution is -2.36. The molecule has 5 nitrogen and oxygen atoms in total. The summed E-state index contributed by atoms with van der Waals surface area (Å²) in [5.74, 6) is 0.757. The lowest BCUT2D eigenvalue weighted by Gasteiger charge is -2.20. The van der Waals surface area contributed by atoms with Crippen molar-refractivity contribution in [2.75, 3.05) is 13.7 Å². The zero-order chi connectivity index (χ0) is 12.1. The zero-order valence-corrected chi connectivity index (χ0v) is 10.3. The smallest absolute Gasteiger partial charge is 0.251 e. The largest absolute Gasteiger partial charge is 0.369 e. The van der Waals surface area contributed by atoms with Gasteiger partial charge in [-0.2, -0.15) is 0 Å². The van der Waals surface area contributed by atoms with E-state index in [1.165, 1.54) is 0 Å². The van der Waals surface area contributed by atoms with E-state index in [0.717, 1.165) is 11.5 Å². The van der Waals surface area contributed by atoms with Gasteiger partial charge in [-0.3, -0.25) is 4.79 Å². The van der Waals surface area contributed by atoms with E-state index in [1.54, 1.807) is 25.1 Å². The first-order chi connectivity index (χ1) is 7.54. The van der Waals surface area contributed by atoms with Crippen LogP contribution in [0.1, 0.15) is 25.4 Å². The number of hydrogen-bond acceptors (Lipinski definition) is 3. The highest BCUT2D eigenvalue weighted by atomic mass is 16.5. The summed E-state index contributed by atoms with van der Waals surface area (Å²) in [6, 6.07) is 0. The molecule has 0 radical (unpaired) electrons. The fourth-order valence-corrected chi connectivity index (χ4v) is 1.48. The number of rotatable bonds is 5. The summed E-state index contributed by atoms with van der Waals surface area (Å²) in [6.07, 6.45) is 1.35. The second-order valence-corrected chi connectivity index (χ2v) is 3.80. The summed E-state index contributed by atoms with van der Waals surface area (Å²) in [4.78, 5) is 20.7. The van der Waals surface area contributed by atoms with E-state index in [9.17, 15) is 4.79 Å². The van der Waals surface area contributed by atoms with Crippen LogP contribution in [0, 0.1) is 6.92 Å². The second-order valence-electron chi connectivity index (χ2n) is 3.80. The number of aromatic nitrogens is 2. The molecule has 0 aliphatic heterocycles. The number of nitrogens with zero attached hydrogens (tertiary/aromatic N) is 2. The molecule has 1 rings (SSSR count). The molecular weight excluding hydrogens is 206 g/mol. The van der Waals surface area contributed by atoms with E-state index in [-0.39, 0.29) is 5.91 Å². The molecule has 0 unspecified atom stereocenters. The van der Waals surface area contributed by atoms with Crippen molar-refractivity contribution in [3.63, 3.8) is 0 Å². The molecule has 1 N–H and O–H groups in total. The maximum absolute atomic E-state index is 11.8. The number of imidazole rings is 1. The summed E-state index contributed by atoms with van der Waals surface area (Å²) in [5.41, 5.74) is 0.994. The van der Waals surface area contributed by atoms with E-state index in [2.05, 4.69) is 9.97 Å².